The lowest BCUT2D eigenvalue weighted by molar-refractivity contribution is 0.0475. The number of benzene rings is 1. The van der Waals surface area contributed by atoms with Gasteiger partial charge in [-0.25, -0.2) is 17.9 Å². The van der Waals surface area contributed by atoms with Crippen LogP contribution in [0.15, 0.2) is 35.2 Å². The normalized spacial score (nSPS) is 11.3. The maximum Gasteiger partial charge on any atom is 0.340 e. The number of halogens is 1. The molecule has 0 saturated heterocycles. The molecule has 2 aromatic rings. The Morgan fingerprint density at radius 3 is 2.54 bits per heavy atom. The maximum atomic E-state index is 12.1. The lowest BCUT2D eigenvalue weighted by atomic mass is 10.2. The molecule has 1 heterocycles. The third-order valence-electron chi connectivity index (χ3n) is 3.09. The minimum absolute atomic E-state index is 0.0365. The summed E-state index contributed by atoms with van der Waals surface area (Å²) in [6, 6.07) is 7.11. The monoisotopic (exact) mass is 387 g/mol. The van der Waals surface area contributed by atoms with Gasteiger partial charge in [0.15, 0.2) is 6.61 Å². The number of carbonyl (C=O) groups excluding carboxylic acids is 2. The molecule has 1 aromatic carbocycles. The predicted molar refractivity (Wildman–Crippen MR) is 91.4 cm³/mol. The summed E-state index contributed by atoms with van der Waals surface area (Å²) in [6.07, 6.45) is 0. The van der Waals surface area contributed by atoms with Crippen LogP contribution in [0.5, 0.6) is 0 Å². The predicted octanol–water partition coefficient (Wildman–Crippen LogP) is 2.66. The van der Waals surface area contributed by atoms with Gasteiger partial charge in [-0.15, -0.1) is 11.3 Å². The van der Waals surface area contributed by atoms with Crippen molar-refractivity contribution < 1.29 is 22.7 Å². The Morgan fingerprint density at radius 2 is 1.96 bits per heavy atom. The fourth-order valence-electron chi connectivity index (χ4n) is 1.81. The van der Waals surface area contributed by atoms with Gasteiger partial charge in [0, 0.05) is 4.88 Å². The number of ketones is 1. The van der Waals surface area contributed by atoms with E-state index in [1.807, 2.05) is 6.92 Å². The molecule has 1 aromatic heterocycles. The SMILES string of the molecule is CNS(=O)(=O)c1ccc(Cl)c(C(=O)OCC(=O)c2ccc(C)s2)c1. The Hall–Kier alpha value is -1.74. The second-order valence-corrected chi connectivity index (χ2v) is 8.34. The highest BCUT2D eigenvalue weighted by Crippen LogP contribution is 2.22. The van der Waals surface area contributed by atoms with Crippen LogP contribution in [-0.4, -0.2) is 33.8 Å². The van der Waals surface area contributed by atoms with Crippen LogP contribution in [0.1, 0.15) is 24.9 Å². The minimum atomic E-state index is -3.72. The van der Waals surface area contributed by atoms with Crippen LogP contribution in [-0.2, 0) is 14.8 Å². The van der Waals surface area contributed by atoms with Gasteiger partial charge in [0.2, 0.25) is 15.8 Å². The molecular formula is C15H14ClNO5S2. The van der Waals surface area contributed by atoms with Crippen molar-refractivity contribution in [3.63, 3.8) is 0 Å². The highest BCUT2D eigenvalue weighted by molar-refractivity contribution is 7.89. The second-order valence-electron chi connectivity index (χ2n) is 4.76. The Labute approximate surface area is 148 Å². The highest BCUT2D eigenvalue weighted by Gasteiger charge is 2.19. The summed E-state index contributed by atoms with van der Waals surface area (Å²) in [6.45, 7) is 1.42. The van der Waals surface area contributed by atoms with Crippen molar-refractivity contribution in [3.8, 4) is 0 Å². The number of carbonyl (C=O) groups is 2. The average molecular weight is 388 g/mol. The van der Waals surface area contributed by atoms with Crippen molar-refractivity contribution in [1.29, 1.82) is 0 Å². The van der Waals surface area contributed by atoms with Crippen molar-refractivity contribution in [2.75, 3.05) is 13.7 Å². The number of ether oxygens (including phenoxy) is 1. The minimum Gasteiger partial charge on any atom is -0.454 e. The number of hydrogen-bond acceptors (Lipinski definition) is 6. The molecule has 1 N–H and O–H groups in total. The molecule has 6 nitrogen and oxygen atoms in total. The van der Waals surface area contributed by atoms with E-state index in [0.29, 0.717) is 4.88 Å². The quantitative estimate of drug-likeness (QED) is 0.608. The molecule has 0 fully saturated rings. The number of nitrogens with one attached hydrogen (secondary N) is 1. The summed E-state index contributed by atoms with van der Waals surface area (Å²) in [5.41, 5.74) is -0.122. The van der Waals surface area contributed by atoms with Crippen LogP contribution in [0.3, 0.4) is 0 Å². The fraction of sp³-hybridized carbons (Fsp3) is 0.200. The summed E-state index contributed by atoms with van der Waals surface area (Å²) < 4.78 is 30.7. The van der Waals surface area contributed by atoms with E-state index >= 15 is 0 Å². The van der Waals surface area contributed by atoms with Crippen LogP contribution in [0.2, 0.25) is 5.02 Å². The van der Waals surface area contributed by atoms with Crippen LogP contribution >= 0.6 is 22.9 Å². The van der Waals surface area contributed by atoms with E-state index in [-0.39, 0.29) is 21.3 Å². The van der Waals surface area contributed by atoms with E-state index in [4.69, 9.17) is 16.3 Å². The van der Waals surface area contributed by atoms with E-state index in [9.17, 15) is 18.0 Å². The summed E-state index contributed by atoms with van der Waals surface area (Å²) in [7, 11) is -2.47. The van der Waals surface area contributed by atoms with Gasteiger partial charge in [-0.1, -0.05) is 11.6 Å². The lowest BCUT2D eigenvalue weighted by Crippen LogP contribution is -2.19. The molecule has 0 radical (unpaired) electrons. The van der Waals surface area contributed by atoms with E-state index in [1.54, 1.807) is 12.1 Å². The summed E-state index contributed by atoms with van der Waals surface area (Å²) >= 11 is 7.22. The number of Topliss-reactive ketones (excluding diaryl/α,β-unsaturated/α-hetero) is 1. The smallest absolute Gasteiger partial charge is 0.340 e. The molecule has 0 saturated carbocycles. The van der Waals surface area contributed by atoms with Crippen molar-refractivity contribution >= 4 is 44.7 Å². The highest BCUT2D eigenvalue weighted by atomic mass is 35.5. The van der Waals surface area contributed by atoms with Gasteiger partial charge in [0.05, 0.1) is 20.4 Å². The van der Waals surface area contributed by atoms with Gasteiger partial charge in [-0.3, -0.25) is 4.79 Å². The molecule has 0 bridgehead atoms. The fourth-order valence-corrected chi connectivity index (χ4v) is 3.55. The summed E-state index contributed by atoms with van der Waals surface area (Å²) in [5.74, 6) is -1.20. The molecule has 0 aliphatic heterocycles. The lowest BCUT2D eigenvalue weighted by Gasteiger charge is -2.08. The van der Waals surface area contributed by atoms with Gasteiger partial charge in [0.1, 0.15) is 0 Å². The van der Waals surface area contributed by atoms with Gasteiger partial charge >= 0.3 is 5.97 Å². The van der Waals surface area contributed by atoms with Crippen LogP contribution in [0, 0.1) is 6.92 Å². The maximum absolute atomic E-state index is 12.1. The molecule has 24 heavy (non-hydrogen) atoms. The molecule has 9 heteroatoms. The van der Waals surface area contributed by atoms with E-state index in [2.05, 4.69) is 4.72 Å². The first-order chi connectivity index (χ1) is 11.2. The van der Waals surface area contributed by atoms with Crippen LogP contribution in [0.25, 0.3) is 0 Å². The van der Waals surface area contributed by atoms with Gasteiger partial charge in [-0.05, 0) is 44.3 Å². The Bertz CT molecular complexity index is 889. The topological polar surface area (TPSA) is 89.5 Å². The van der Waals surface area contributed by atoms with Crippen LogP contribution < -0.4 is 4.72 Å². The number of esters is 1. The molecular weight excluding hydrogens is 374 g/mol. The second kappa shape index (κ2) is 7.43. The van der Waals surface area contributed by atoms with Crippen LogP contribution in [0.4, 0.5) is 0 Å². The van der Waals surface area contributed by atoms with Gasteiger partial charge in [0.25, 0.3) is 0 Å². The van der Waals surface area contributed by atoms with Gasteiger partial charge in [-0.2, -0.15) is 0 Å². The van der Waals surface area contributed by atoms with Crippen molar-refractivity contribution in [2.24, 2.45) is 0 Å². The third kappa shape index (κ3) is 4.21. The van der Waals surface area contributed by atoms with E-state index < -0.39 is 22.6 Å². The first-order valence-corrected chi connectivity index (χ1v) is 9.42. The zero-order valence-electron chi connectivity index (χ0n) is 12.8. The average Bonchev–Trinajstić information content (AvgIpc) is 2.99. The molecule has 0 aliphatic rings. The Balaban J connectivity index is 2.15. The van der Waals surface area contributed by atoms with E-state index in [0.717, 1.165) is 10.9 Å². The number of sulfonamides is 1. The summed E-state index contributed by atoms with van der Waals surface area (Å²) in [4.78, 5) is 25.4. The standard InChI is InChI=1S/C15H14ClNO5S2/c1-9-3-6-14(23-9)13(18)8-22-15(19)11-7-10(4-5-12(11)16)24(20,21)17-2/h3-7,17H,8H2,1-2H3. The Kier molecular flexibility index (Phi) is 5.76. The van der Waals surface area contributed by atoms with Crippen molar-refractivity contribution in [2.45, 2.75) is 11.8 Å². The summed E-state index contributed by atoms with van der Waals surface area (Å²) in [5, 5.41) is 0.0365. The first-order valence-electron chi connectivity index (χ1n) is 6.74. The largest absolute Gasteiger partial charge is 0.454 e. The molecule has 0 unspecified atom stereocenters. The first kappa shape index (κ1) is 18.6. The molecule has 0 aliphatic carbocycles. The van der Waals surface area contributed by atoms with E-state index in [1.165, 1.54) is 30.5 Å². The molecule has 128 valence electrons. The zero-order valence-corrected chi connectivity index (χ0v) is 15.2. The number of aryl methyl sites for hydroxylation is 1. The van der Waals surface area contributed by atoms with Crippen molar-refractivity contribution in [1.82, 2.24) is 4.72 Å². The van der Waals surface area contributed by atoms with Gasteiger partial charge < -0.3 is 4.74 Å². The zero-order chi connectivity index (χ0) is 17.9. The molecule has 0 atom stereocenters. The third-order valence-corrected chi connectivity index (χ3v) is 5.87. The molecule has 0 spiro atoms. The van der Waals surface area contributed by atoms with Crippen molar-refractivity contribution in [3.05, 3.63) is 50.7 Å². The Morgan fingerprint density at radius 1 is 1.25 bits per heavy atom. The number of hydrogen-bond donors (Lipinski definition) is 1. The number of thiophene rings is 1. The molecule has 2 rings (SSSR count). The molecule has 0 amide bonds. The number of rotatable bonds is 6.